The lowest BCUT2D eigenvalue weighted by molar-refractivity contribution is 0.0550. The number of hydrogen-bond acceptors (Lipinski definition) is 2. The van der Waals surface area contributed by atoms with Gasteiger partial charge in [-0.1, -0.05) is 26.8 Å². The summed E-state index contributed by atoms with van der Waals surface area (Å²) in [5, 5.41) is 12.2. The van der Waals surface area contributed by atoms with Crippen LogP contribution >= 0.6 is 0 Å². The molecule has 0 saturated heterocycles. The number of aliphatic hydroxyl groups is 1. The van der Waals surface area contributed by atoms with Gasteiger partial charge in [0.05, 0.1) is 6.10 Å². The molecule has 5 heteroatoms. The zero-order chi connectivity index (χ0) is 14.6. The van der Waals surface area contributed by atoms with Crippen molar-refractivity contribution in [3.8, 4) is 0 Å². The van der Waals surface area contributed by atoms with E-state index < -0.39 is 29.2 Å². The SMILES string of the molecule is CC(C)(C)C(O)CCNC(=O)c1c(F)cccc1F. The normalized spacial score (nSPS) is 13.2. The van der Waals surface area contributed by atoms with Gasteiger partial charge < -0.3 is 10.4 Å². The first kappa shape index (κ1) is 15.6. The Bertz CT molecular complexity index is 435. The Morgan fingerprint density at radius 1 is 1.32 bits per heavy atom. The van der Waals surface area contributed by atoms with Crippen LogP contribution < -0.4 is 5.32 Å². The summed E-state index contributed by atoms with van der Waals surface area (Å²) in [6.45, 7) is 5.77. The average Bonchev–Trinajstić information content (AvgIpc) is 2.27. The standard InChI is InChI=1S/C14H19F2NO2/c1-14(2,3)11(18)7-8-17-13(19)12-9(15)5-4-6-10(12)16/h4-6,11,18H,7-8H2,1-3H3,(H,17,19). The van der Waals surface area contributed by atoms with Crippen molar-refractivity contribution in [2.45, 2.75) is 33.3 Å². The highest BCUT2D eigenvalue weighted by atomic mass is 19.1. The molecule has 0 aliphatic rings. The smallest absolute Gasteiger partial charge is 0.257 e. The third kappa shape index (κ3) is 4.28. The largest absolute Gasteiger partial charge is 0.393 e. The van der Waals surface area contributed by atoms with E-state index in [0.29, 0.717) is 6.42 Å². The van der Waals surface area contributed by atoms with Crippen molar-refractivity contribution >= 4 is 5.91 Å². The van der Waals surface area contributed by atoms with Crippen molar-refractivity contribution in [3.63, 3.8) is 0 Å². The van der Waals surface area contributed by atoms with Crippen LogP contribution in [0.15, 0.2) is 18.2 Å². The molecule has 1 aromatic rings. The fraction of sp³-hybridized carbons (Fsp3) is 0.500. The van der Waals surface area contributed by atoms with E-state index in [0.717, 1.165) is 12.1 Å². The van der Waals surface area contributed by atoms with Gasteiger partial charge in [-0.25, -0.2) is 8.78 Å². The minimum absolute atomic E-state index is 0.158. The van der Waals surface area contributed by atoms with Gasteiger partial charge in [0.2, 0.25) is 0 Å². The molecule has 0 heterocycles. The van der Waals surface area contributed by atoms with E-state index in [1.165, 1.54) is 6.07 Å². The maximum Gasteiger partial charge on any atom is 0.257 e. The predicted octanol–water partition coefficient (Wildman–Crippen LogP) is 2.49. The molecule has 106 valence electrons. The van der Waals surface area contributed by atoms with Crippen LogP contribution in [0.1, 0.15) is 37.6 Å². The van der Waals surface area contributed by atoms with E-state index in [9.17, 15) is 18.7 Å². The summed E-state index contributed by atoms with van der Waals surface area (Å²) in [6, 6.07) is 3.26. The lowest BCUT2D eigenvalue weighted by atomic mass is 9.87. The van der Waals surface area contributed by atoms with Crippen molar-refractivity contribution in [3.05, 3.63) is 35.4 Å². The predicted molar refractivity (Wildman–Crippen MR) is 68.8 cm³/mol. The van der Waals surface area contributed by atoms with E-state index in [2.05, 4.69) is 5.32 Å². The second kappa shape index (κ2) is 6.10. The monoisotopic (exact) mass is 271 g/mol. The van der Waals surface area contributed by atoms with Gasteiger partial charge >= 0.3 is 0 Å². The summed E-state index contributed by atoms with van der Waals surface area (Å²) in [5.41, 5.74) is -0.888. The summed E-state index contributed by atoms with van der Waals surface area (Å²) in [6.07, 6.45) is -0.274. The van der Waals surface area contributed by atoms with Gasteiger partial charge in [-0.3, -0.25) is 4.79 Å². The van der Waals surface area contributed by atoms with Gasteiger partial charge in [-0.05, 0) is 24.0 Å². The molecule has 0 aromatic heterocycles. The summed E-state index contributed by atoms with van der Waals surface area (Å²) >= 11 is 0. The topological polar surface area (TPSA) is 49.3 Å². The van der Waals surface area contributed by atoms with Gasteiger partial charge in [-0.2, -0.15) is 0 Å². The molecular formula is C14H19F2NO2. The zero-order valence-electron chi connectivity index (χ0n) is 11.3. The molecule has 0 fully saturated rings. The zero-order valence-corrected chi connectivity index (χ0v) is 11.3. The van der Waals surface area contributed by atoms with Crippen LogP contribution in [-0.2, 0) is 0 Å². The quantitative estimate of drug-likeness (QED) is 0.884. The van der Waals surface area contributed by atoms with Gasteiger partial charge in [0.1, 0.15) is 17.2 Å². The molecule has 1 aromatic carbocycles. The molecule has 0 radical (unpaired) electrons. The van der Waals surface area contributed by atoms with Crippen LogP contribution in [0.4, 0.5) is 8.78 Å². The average molecular weight is 271 g/mol. The molecular weight excluding hydrogens is 252 g/mol. The Hall–Kier alpha value is -1.49. The Kier molecular flexibility index (Phi) is 5.00. The molecule has 1 amide bonds. The molecule has 19 heavy (non-hydrogen) atoms. The molecule has 0 saturated carbocycles. The first-order valence-corrected chi connectivity index (χ1v) is 6.13. The van der Waals surface area contributed by atoms with Crippen molar-refractivity contribution in [1.29, 1.82) is 0 Å². The van der Waals surface area contributed by atoms with Crippen LogP contribution in [-0.4, -0.2) is 23.7 Å². The van der Waals surface area contributed by atoms with Crippen molar-refractivity contribution in [2.75, 3.05) is 6.54 Å². The molecule has 2 N–H and O–H groups in total. The first-order chi connectivity index (χ1) is 8.73. The molecule has 0 spiro atoms. The van der Waals surface area contributed by atoms with E-state index in [4.69, 9.17) is 0 Å². The van der Waals surface area contributed by atoms with E-state index in [-0.39, 0.29) is 12.0 Å². The van der Waals surface area contributed by atoms with Gasteiger partial charge in [-0.15, -0.1) is 0 Å². The van der Waals surface area contributed by atoms with Gasteiger partial charge in [0, 0.05) is 6.54 Å². The van der Waals surface area contributed by atoms with E-state index >= 15 is 0 Å². The van der Waals surface area contributed by atoms with Gasteiger partial charge in [0.15, 0.2) is 0 Å². The number of hydrogen-bond donors (Lipinski definition) is 2. The molecule has 1 unspecified atom stereocenters. The minimum atomic E-state index is -0.895. The van der Waals surface area contributed by atoms with Crippen molar-refractivity contribution in [1.82, 2.24) is 5.32 Å². The third-order valence-corrected chi connectivity index (χ3v) is 2.89. The van der Waals surface area contributed by atoms with Crippen LogP contribution in [0.5, 0.6) is 0 Å². The fourth-order valence-electron chi connectivity index (χ4n) is 1.56. The maximum atomic E-state index is 13.3. The van der Waals surface area contributed by atoms with Crippen molar-refractivity contribution < 1.29 is 18.7 Å². The van der Waals surface area contributed by atoms with Crippen molar-refractivity contribution in [2.24, 2.45) is 5.41 Å². The maximum absolute atomic E-state index is 13.3. The summed E-state index contributed by atoms with van der Waals surface area (Å²) in [4.78, 5) is 11.6. The first-order valence-electron chi connectivity index (χ1n) is 6.13. The summed E-state index contributed by atoms with van der Waals surface area (Å²) in [5.74, 6) is -2.60. The van der Waals surface area contributed by atoms with E-state index in [1.807, 2.05) is 20.8 Å². The number of carbonyl (C=O) groups is 1. The molecule has 1 atom stereocenters. The lowest BCUT2D eigenvalue weighted by Crippen LogP contribution is -2.33. The highest BCUT2D eigenvalue weighted by Crippen LogP contribution is 2.21. The number of carbonyl (C=O) groups excluding carboxylic acids is 1. The number of rotatable bonds is 4. The number of aliphatic hydroxyl groups excluding tert-OH is 1. The highest BCUT2D eigenvalue weighted by molar-refractivity contribution is 5.94. The van der Waals surface area contributed by atoms with Crippen LogP contribution in [0, 0.1) is 17.0 Å². The summed E-state index contributed by atoms with van der Waals surface area (Å²) < 4.78 is 26.7. The van der Waals surface area contributed by atoms with Crippen LogP contribution in [0.3, 0.4) is 0 Å². The lowest BCUT2D eigenvalue weighted by Gasteiger charge is -2.25. The number of nitrogens with one attached hydrogen (secondary N) is 1. The fourth-order valence-corrected chi connectivity index (χ4v) is 1.56. The van der Waals surface area contributed by atoms with Crippen LogP contribution in [0.2, 0.25) is 0 Å². The minimum Gasteiger partial charge on any atom is -0.393 e. The number of benzene rings is 1. The molecule has 3 nitrogen and oxygen atoms in total. The second-order valence-electron chi connectivity index (χ2n) is 5.52. The highest BCUT2D eigenvalue weighted by Gasteiger charge is 2.22. The second-order valence-corrected chi connectivity index (χ2v) is 5.52. The Morgan fingerprint density at radius 2 is 1.84 bits per heavy atom. The van der Waals surface area contributed by atoms with Crippen LogP contribution in [0.25, 0.3) is 0 Å². The summed E-state index contributed by atoms with van der Waals surface area (Å²) in [7, 11) is 0. The Morgan fingerprint density at radius 3 is 2.32 bits per heavy atom. The molecule has 0 bridgehead atoms. The number of halogens is 2. The third-order valence-electron chi connectivity index (χ3n) is 2.89. The Labute approximate surface area is 111 Å². The molecule has 0 aliphatic heterocycles. The Balaban J connectivity index is 2.58. The molecule has 0 aliphatic carbocycles. The number of amides is 1. The van der Waals surface area contributed by atoms with E-state index in [1.54, 1.807) is 0 Å². The van der Waals surface area contributed by atoms with Gasteiger partial charge in [0.25, 0.3) is 5.91 Å². The molecule has 1 rings (SSSR count).